The second-order valence-electron chi connectivity index (χ2n) is 7.75. The van der Waals surface area contributed by atoms with Crippen LogP contribution in [0.3, 0.4) is 0 Å². The van der Waals surface area contributed by atoms with Crippen LogP contribution in [0.25, 0.3) is 10.8 Å². The van der Waals surface area contributed by atoms with Crippen LogP contribution >= 0.6 is 0 Å². The first-order valence-corrected chi connectivity index (χ1v) is 11.0. The largest absolute Gasteiger partial charge is 0.372 e. The fourth-order valence-electron chi connectivity index (χ4n) is 4.56. The third-order valence-electron chi connectivity index (χ3n) is 6.05. The second-order valence-corrected chi connectivity index (χ2v) is 7.75. The molecule has 4 rings (SSSR count). The van der Waals surface area contributed by atoms with Crippen LogP contribution in [0.4, 0.5) is 11.4 Å². The Morgan fingerprint density at radius 2 is 1.55 bits per heavy atom. The summed E-state index contributed by atoms with van der Waals surface area (Å²) in [6, 6.07) is 22.5. The molecule has 0 aliphatic carbocycles. The SMILES string of the molecule is CCN(CC)c1ccc(C2=[N+](CCCCCN)c3cccc4cccc2c34)cc1. The maximum absolute atomic E-state index is 5.71. The zero-order valence-electron chi connectivity index (χ0n) is 17.7. The van der Waals surface area contributed by atoms with Gasteiger partial charge >= 0.3 is 0 Å². The van der Waals surface area contributed by atoms with E-state index < -0.39 is 0 Å². The van der Waals surface area contributed by atoms with Gasteiger partial charge in [-0.3, -0.25) is 0 Å². The van der Waals surface area contributed by atoms with Gasteiger partial charge in [0.15, 0.2) is 0 Å². The summed E-state index contributed by atoms with van der Waals surface area (Å²) in [5, 5.41) is 2.71. The lowest BCUT2D eigenvalue weighted by Crippen LogP contribution is -2.22. The lowest BCUT2D eigenvalue weighted by Gasteiger charge is -2.21. The summed E-state index contributed by atoms with van der Waals surface area (Å²) in [5.41, 5.74) is 12.3. The molecule has 1 aliphatic heterocycles. The molecule has 29 heavy (non-hydrogen) atoms. The van der Waals surface area contributed by atoms with Crippen molar-refractivity contribution in [2.24, 2.45) is 5.73 Å². The van der Waals surface area contributed by atoms with Crippen LogP contribution in [0.5, 0.6) is 0 Å². The third kappa shape index (κ3) is 3.67. The van der Waals surface area contributed by atoms with Crippen molar-refractivity contribution in [3.8, 4) is 0 Å². The lowest BCUT2D eigenvalue weighted by atomic mass is 9.98. The van der Waals surface area contributed by atoms with E-state index in [0.29, 0.717) is 0 Å². The standard InChI is InChI=1S/C26H32N3/c1-3-28(4-2)22-16-14-21(15-17-22)26-23-12-8-10-20-11-9-13-24(25(20)23)29(26)19-7-5-6-18-27/h8-17H,3-7,18-19,27H2,1-2H3/q+1. The Hall–Kier alpha value is -2.65. The highest BCUT2D eigenvalue weighted by molar-refractivity contribution is 6.22. The Morgan fingerprint density at radius 3 is 2.24 bits per heavy atom. The molecule has 0 amide bonds. The van der Waals surface area contributed by atoms with E-state index in [1.54, 1.807) is 0 Å². The number of rotatable bonds is 9. The smallest absolute Gasteiger partial charge is 0.221 e. The quantitative estimate of drug-likeness (QED) is 0.399. The Kier molecular flexibility index (Phi) is 5.96. The van der Waals surface area contributed by atoms with E-state index in [0.717, 1.165) is 39.0 Å². The molecule has 0 radical (unpaired) electrons. The molecular formula is C26H32N3+. The molecule has 0 bridgehead atoms. The maximum atomic E-state index is 5.71. The average Bonchev–Trinajstić information content (AvgIpc) is 3.08. The average molecular weight is 387 g/mol. The van der Waals surface area contributed by atoms with Crippen LogP contribution in [-0.2, 0) is 0 Å². The van der Waals surface area contributed by atoms with Gasteiger partial charge in [-0.25, -0.2) is 0 Å². The normalized spacial score (nSPS) is 12.8. The van der Waals surface area contributed by atoms with Crippen LogP contribution < -0.4 is 10.6 Å². The van der Waals surface area contributed by atoms with Gasteiger partial charge in [0.2, 0.25) is 11.4 Å². The maximum Gasteiger partial charge on any atom is 0.221 e. The van der Waals surface area contributed by atoms with Crippen molar-refractivity contribution in [2.75, 3.05) is 31.1 Å². The predicted octanol–water partition coefficient (Wildman–Crippen LogP) is 5.31. The Morgan fingerprint density at radius 1 is 0.828 bits per heavy atom. The van der Waals surface area contributed by atoms with E-state index in [2.05, 4.69) is 84.0 Å². The van der Waals surface area contributed by atoms with Crippen LogP contribution in [0, 0.1) is 0 Å². The number of benzene rings is 3. The molecule has 3 heteroatoms. The van der Waals surface area contributed by atoms with E-state index in [-0.39, 0.29) is 0 Å². The zero-order valence-corrected chi connectivity index (χ0v) is 17.7. The van der Waals surface area contributed by atoms with Gasteiger partial charge < -0.3 is 10.6 Å². The van der Waals surface area contributed by atoms with Crippen molar-refractivity contribution in [2.45, 2.75) is 33.1 Å². The Labute approximate surface area is 174 Å². The predicted molar refractivity (Wildman–Crippen MR) is 125 cm³/mol. The van der Waals surface area contributed by atoms with E-state index in [9.17, 15) is 0 Å². The number of hydrogen-bond acceptors (Lipinski definition) is 2. The number of nitrogens with zero attached hydrogens (tertiary/aromatic N) is 2. The highest BCUT2D eigenvalue weighted by Gasteiger charge is 2.32. The van der Waals surface area contributed by atoms with Gasteiger partial charge in [0.1, 0.15) is 6.54 Å². The summed E-state index contributed by atoms with van der Waals surface area (Å²) in [5.74, 6) is 0. The Balaban J connectivity index is 1.78. The van der Waals surface area contributed by atoms with Crippen molar-refractivity contribution in [3.05, 3.63) is 71.8 Å². The molecule has 3 nitrogen and oxygen atoms in total. The summed E-state index contributed by atoms with van der Waals surface area (Å²) >= 11 is 0. The van der Waals surface area contributed by atoms with Gasteiger partial charge in [0.05, 0.1) is 10.9 Å². The third-order valence-corrected chi connectivity index (χ3v) is 6.05. The van der Waals surface area contributed by atoms with E-state index in [4.69, 9.17) is 5.73 Å². The molecule has 0 saturated carbocycles. The number of anilines is 1. The molecule has 0 aromatic heterocycles. The molecule has 3 aromatic carbocycles. The zero-order chi connectivity index (χ0) is 20.2. The lowest BCUT2D eigenvalue weighted by molar-refractivity contribution is -0.436. The first-order chi connectivity index (χ1) is 14.3. The van der Waals surface area contributed by atoms with Crippen molar-refractivity contribution in [3.63, 3.8) is 0 Å². The molecule has 2 N–H and O–H groups in total. The van der Waals surface area contributed by atoms with Crippen LogP contribution in [-0.4, -0.2) is 36.5 Å². The summed E-state index contributed by atoms with van der Waals surface area (Å²) < 4.78 is 2.53. The van der Waals surface area contributed by atoms with E-state index in [1.807, 2.05) is 0 Å². The molecule has 0 unspecified atom stereocenters. The highest BCUT2D eigenvalue weighted by atomic mass is 15.1. The van der Waals surface area contributed by atoms with Gasteiger partial charge in [-0.15, -0.1) is 0 Å². The first-order valence-electron chi connectivity index (χ1n) is 11.0. The summed E-state index contributed by atoms with van der Waals surface area (Å²) in [6.45, 7) is 8.29. The minimum Gasteiger partial charge on any atom is -0.372 e. The molecule has 0 saturated heterocycles. The van der Waals surface area contributed by atoms with Crippen molar-refractivity contribution < 1.29 is 4.58 Å². The summed E-state index contributed by atoms with van der Waals surface area (Å²) in [6.07, 6.45) is 3.43. The van der Waals surface area contributed by atoms with Gasteiger partial charge in [0.25, 0.3) is 0 Å². The molecule has 0 fully saturated rings. The van der Waals surface area contributed by atoms with E-state index >= 15 is 0 Å². The number of nitrogens with two attached hydrogens (primary N) is 1. The second kappa shape index (κ2) is 8.79. The molecule has 150 valence electrons. The van der Waals surface area contributed by atoms with E-state index in [1.165, 1.54) is 45.4 Å². The minimum absolute atomic E-state index is 0.777. The fraction of sp³-hybridized carbons (Fsp3) is 0.346. The summed E-state index contributed by atoms with van der Waals surface area (Å²) in [4.78, 5) is 2.39. The van der Waals surface area contributed by atoms with Crippen molar-refractivity contribution >= 4 is 27.9 Å². The topological polar surface area (TPSA) is 32.3 Å². The molecule has 1 heterocycles. The van der Waals surface area contributed by atoms with Crippen molar-refractivity contribution in [1.82, 2.24) is 0 Å². The van der Waals surface area contributed by atoms with Gasteiger partial charge in [-0.2, -0.15) is 4.58 Å². The van der Waals surface area contributed by atoms with Crippen LogP contribution in [0.15, 0.2) is 60.7 Å². The number of unbranched alkanes of at least 4 members (excludes halogenated alkanes) is 2. The molecular weight excluding hydrogens is 354 g/mol. The number of hydrogen-bond donors (Lipinski definition) is 1. The monoisotopic (exact) mass is 386 g/mol. The van der Waals surface area contributed by atoms with Gasteiger partial charge in [-0.1, -0.05) is 24.3 Å². The molecule has 1 aliphatic rings. The van der Waals surface area contributed by atoms with Gasteiger partial charge in [-0.05, 0) is 69.0 Å². The summed E-state index contributed by atoms with van der Waals surface area (Å²) in [7, 11) is 0. The van der Waals surface area contributed by atoms with Crippen LogP contribution in [0.1, 0.15) is 44.2 Å². The van der Waals surface area contributed by atoms with Gasteiger partial charge in [0, 0.05) is 36.8 Å². The molecule has 0 atom stereocenters. The Bertz CT molecular complexity index is 1010. The molecule has 0 spiro atoms. The van der Waals surface area contributed by atoms with Crippen LogP contribution in [0.2, 0.25) is 0 Å². The molecule has 3 aromatic rings. The minimum atomic E-state index is 0.777. The van der Waals surface area contributed by atoms with Crippen molar-refractivity contribution in [1.29, 1.82) is 0 Å². The highest BCUT2D eigenvalue weighted by Crippen LogP contribution is 2.37. The fourth-order valence-corrected chi connectivity index (χ4v) is 4.56. The first kappa shape index (κ1) is 19.7.